The standard InChI is InChI=1S/C48H30O/c1-3-13-31(14-4-1)36-26-24-34(29-43(36)32-15-5-2-6-16-32)46-38-19-9-11-21-40(38)47(41-22-12-10-20-39(41)46)35-25-28-45-44(30-35)42-27-23-33-17-7-8-18-37(33)48(42)49-45/h1-30H/i1D,3D,4D,7D,8D,13D,14D,17D,18D,23D,25D,27D,28D,30D. The van der Waals surface area contributed by atoms with Gasteiger partial charge in [-0.05, 0) is 95.6 Å². The average Bonchev–Trinajstić information content (AvgIpc) is 3.71. The van der Waals surface area contributed by atoms with Gasteiger partial charge in [0, 0.05) is 16.2 Å². The molecule has 0 amide bonds. The van der Waals surface area contributed by atoms with Crippen LogP contribution in [-0.2, 0) is 0 Å². The SMILES string of the molecule is [2H]c1c([2H])c([2H])c(-c2ccc(-c3c4ccccc4c(-c4c([2H])c([2H])c5oc6c7c([2H])c([2H])c([2H])c([2H])c7c([2H])c([2H])c6c5c4[2H])c4ccccc34)cc2-c2ccccc2)c([2H])c1[2H]. The molecule has 9 aromatic carbocycles. The lowest BCUT2D eigenvalue weighted by molar-refractivity contribution is 0.672. The second kappa shape index (κ2) is 11.1. The molecule has 0 saturated carbocycles. The third kappa shape index (κ3) is 4.40. The van der Waals surface area contributed by atoms with E-state index in [1.54, 1.807) is 6.07 Å². The average molecular weight is 637 g/mol. The molecule has 0 saturated heterocycles. The van der Waals surface area contributed by atoms with E-state index in [0.717, 1.165) is 27.5 Å². The largest absolute Gasteiger partial charge is 0.455 e. The molecule has 228 valence electrons. The lowest BCUT2D eigenvalue weighted by atomic mass is 9.84. The van der Waals surface area contributed by atoms with Gasteiger partial charge in [0.15, 0.2) is 0 Å². The molecule has 49 heavy (non-hydrogen) atoms. The highest BCUT2D eigenvalue weighted by Crippen LogP contribution is 2.46. The molecule has 0 aliphatic carbocycles. The Kier molecular flexibility index (Phi) is 3.87. The Morgan fingerprint density at radius 2 is 1.04 bits per heavy atom. The second-order valence-electron chi connectivity index (χ2n) is 11.7. The van der Waals surface area contributed by atoms with Gasteiger partial charge in [0.1, 0.15) is 11.2 Å². The van der Waals surface area contributed by atoms with Gasteiger partial charge in [-0.3, -0.25) is 0 Å². The molecule has 10 rings (SSSR count). The summed E-state index contributed by atoms with van der Waals surface area (Å²) in [4.78, 5) is 0. The fourth-order valence-electron chi connectivity index (χ4n) is 6.90. The number of fused-ring (bicyclic) bond motifs is 7. The van der Waals surface area contributed by atoms with Crippen LogP contribution in [0.2, 0.25) is 0 Å². The summed E-state index contributed by atoms with van der Waals surface area (Å²) in [7, 11) is 0. The molecule has 1 nitrogen and oxygen atoms in total. The Morgan fingerprint density at radius 1 is 0.388 bits per heavy atom. The predicted molar refractivity (Wildman–Crippen MR) is 208 cm³/mol. The molecule has 1 heteroatoms. The normalized spacial score (nSPS) is 15.7. The predicted octanol–water partition coefficient (Wildman–Crippen LogP) is 13.7. The van der Waals surface area contributed by atoms with Crippen molar-refractivity contribution in [2.24, 2.45) is 0 Å². The maximum absolute atomic E-state index is 9.81. The quantitative estimate of drug-likeness (QED) is 0.175. The second-order valence-corrected chi connectivity index (χ2v) is 11.7. The van der Waals surface area contributed by atoms with Crippen LogP contribution in [-0.4, -0.2) is 0 Å². The van der Waals surface area contributed by atoms with Crippen molar-refractivity contribution in [1.82, 2.24) is 0 Å². The van der Waals surface area contributed by atoms with E-state index in [-0.39, 0.29) is 68.0 Å². The van der Waals surface area contributed by atoms with Crippen LogP contribution < -0.4 is 0 Å². The minimum Gasteiger partial charge on any atom is -0.455 e. The molecular weight excluding hydrogens is 593 g/mol. The first-order valence-corrected chi connectivity index (χ1v) is 15.7. The molecule has 0 spiro atoms. The molecule has 0 bridgehead atoms. The van der Waals surface area contributed by atoms with Gasteiger partial charge in [-0.1, -0.05) is 157 Å². The van der Waals surface area contributed by atoms with Crippen molar-refractivity contribution < 1.29 is 23.6 Å². The zero-order valence-corrected chi connectivity index (χ0v) is 25.6. The molecule has 0 radical (unpaired) electrons. The highest BCUT2D eigenvalue weighted by atomic mass is 16.3. The van der Waals surface area contributed by atoms with Crippen LogP contribution in [0.4, 0.5) is 0 Å². The first kappa shape index (κ1) is 17.1. The Hall–Kier alpha value is -6.44. The van der Waals surface area contributed by atoms with Crippen molar-refractivity contribution in [3.05, 3.63) is 182 Å². The number of furan rings is 1. The Morgan fingerprint density at radius 3 is 1.78 bits per heavy atom. The van der Waals surface area contributed by atoms with E-state index in [1.807, 2.05) is 91.0 Å². The minimum atomic E-state index is -0.572. The van der Waals surface area contributed by atoms with E-state index in [0.29, 0.717) is 27.5 Å². The Balaban J connectivity index is 1.30. The van der Waals surface area contributed by atoms with Crippen LogP contribution in [0.3, 0.4) is 0 Å². The number of hydrogen-bond donors (Lipinski definition) is 0. The van der Waals surface area contributed by atoms with Gasteiger partial charge in [0.2, 0.25) is 0 Å². The summed E-state index contributed by atoms with van der Waals surface area (Å²) in [5, 5.41) is 2.25. The van der Waals surface area contributed by atoms with Crippen molar-refractivity contribution in [3.63, 3.8) is 0 Å². The van der Waals surface area contributed by atoms with Gasteiger partial charge in [-0.15, -0.1) is 0 Å². The zero-order valence-electron chi connectivity index (χ0n) is 39.6. The summed E-state index contributed by atoms with van der Waals surface area (Å²) in [5.74, 6) is 0. The molecule has 1 heterocycles. The number of hydrogen-bond acceptors (Lipinski definition) is 1. The van der Waals surface area contributed by atoms with Gasteiger partial charge in [0.05, 0.1) is 19.2 Å². The first-order valence-electron chi connectivity index (χ1n) is 22.7. The summed E-state index contributed by atoms with van der Waals surface area (Å²) >= 11 is 0. The molecular formula is C48H30O. The van der Waals surface area contributed by atoms with Crippen molar-refractivity contribution >= 4 is 54.3 Å². The Labute approximate surface area is 304 Å². The highest BCUT2D eigenvalue weighted by Gasteiger charge is 2.19. The highest BCUT2D eigenvalue weighted by molar-refractivity contribution is 6.23. The maximum Gasteiger partial charge on any atom is 0.143 e. The number of rotatable bonds is 4. The number of benzene rings is 9. The zero-order chi connectivity index (χ0) is 44.5. The fourth-order valence-corrected chi connectivity index (χ4v) is 6.90. The first-order chi connectivity index (χ1) is 30.1. The Bertz CT molecular complexity index is 3590. The van der Waals surface area contributed by atoms with Gasteiger partial charge in [0.25, 0.3) is 0 Å². The van der Waals surface area contributed by atoms with Crippen LogP contribution in [0, 0.1) is 0 Å². The molecule has 10 aromatic rings. The maximum atomic E-state index is 9.81. The molecule has 0 unspecified atom stereocenters. The van der Waals surface area contributed by atoms with E-state index in [2.05, 4.69) is 0 Å². The third-order valence-corrected chi connectivity index (χ3v) is 9.03. The lowest BCUT2D eigenvalue weighted by Crippen LogP contribution is -1.92. The van der Waals surface area contributed by atoms with Crippen LogP contribution in [0.5, 0.6) is 0 Å². The topological polar surface area (TPSA) is 13.1 Å². The summed E-state index contributed by atoms with van der Waals surface area (Å²) in [5.41, 5.74) is 3.55. The van der Waals surface area contributed by atoms with Crippen LogP contribution >= 0.6 is 0 Å². The summed E-state index contributed by atoms with van der Waals surface area (Å²) in [6.07, 6.45) is 0. The third-order valence-electron chi connectivity index (χ3n) is 9.03. The van der Waals surface area contributed by atoms with Crippen molar-refractivity contribution in [2.45, 2.75) is 0 Å². The molecule has 0 fully saturated rings. The van der Waals surface area contributed by atoms with Crippen LogP contribution in [0.1, 0.15) is 19.2 Å². The van der Waals surface area contributed by atoms with E-state index < -0.39 is 60.4 Å². The van der Waals surface area contributed by atoms with E-state index in [1.165, 1.54) is 0 Å². The van der Waals surface area contributed by atoms with Crippen LogP contribution in [0.15, 0.2) is 186 Å². The van der Waals surface area contributed by atoms with E-state index in [9.17, 15) is 4.11 Å². The van der Waals surface area contributed by atoms with Gasteiger partial charge < -0.3 is 4.42 Å². The van der Waals surface area contributed by atoms with Crippen molar-refractivity contribution in [3.8, 4) is 44.5 Å². The summed E-state index contributed by atoms with van der Waals surface area (Å²) in [6, 6.07) is 23.8. The van der Waals surface area contributed by atoms with Gasteiger partial charge in [-0.2, -0.15) is 0 Å². The molecule has 1 aromatic heterocycles. The molecule has 0 N–H and O–H groups in total. The smallest absolute Gasteiger partial charge is 0.143 e. The molecule has 0 atom stereocenters. The molecule has 0 aliphatic rings. The van der Waals surface area contributed by atoms with E-state index in [4.69, 9.17) is 19.5 Å². The van der Waals surface area contributed by atoms with Crippen molar-refractivity contribution in [2.75, 3.05) is 0 Å². The van der Waals surface area contributed by atoms with E-state index >= 15 is 0 Å². The van der Waals surface area contributed by atoms with Gasteiger partial charge in [-0.25, -0.2) is 0 Å². The lowest BCUT2D eigenvalue weighted by Gasteiger charge is -2.19. The summed E-state index contributed by atoms with van der Waals surface area (Å²) < 4.78 is 129. The molecule has 0 aliphatic heterocycles. The monoisotopic (exact) mass is 636 g/mol. The van der Waals surface area contributed by atoms with Crippen LogP contribution in [0.25, 0.3) is 98.8 Å². The van der Waals surface area contributed by atoms with Gasteiger partial charge >= 0.3 is 0 Å². The summed E-state index contributed by atoms with van der Waals surface area (Å²) in [6.45, 7) is 0. The minimum absolute atomic E-state index is 0.0261. The van der Waals surface area contributed by atoms with Crippen molar-refractivity contribution in [1.29, 1.82) is 0 Å². The fraction of sp³-hybridized carbons (Fsp3) is 0.